The van der Waals surface area contributed by atoms with Gasteiger partial charge in [0.05, 0.1) is 0 Å². The van der Waals surface area contributed by atoms with Crippen LogP contribution in [0.4, 0.5) is 0 Å². The summed E-state index contributed by atoms with van der Waals surface area (Å²) in [6.07, 6.45) is -1.92. The predicted octanol–water partition coefficient (Wildman–Crippen LogP) is -0.269. The van der Waals surface area contributed by atoms with Gasteiger partial charge in [0.2, 0.25) is 5.76 Å². The highest BCUT2D eigenvalue weighted by Crippen LogP contribution is 2.23. The largest absolute Gasteiger partial charge is 0.480 e. The highest BCUT2D eigenvalue weighted by atomic mass is 16.5. The van der Waals surface area contributed by atoms with Gasteiger partial charge < -0.3 is 20.1 Å². The first-order chi connectivity index (χ1) is 6.43. The number of rotatable bonds is 2. The Morgan fingerprint density at radius 2 is 2.07 bits per heavy atom. The SMILES string of the molecule is CC(C)C1OC(C(=O)O)=CC(O)C1O. The number of carboxylic acids is 1. The molecule has 0 aromatic carbocycles. The van der Waals surface area contributed by atoms with Crippen molar-refractivity contribution < 1.29 is 24.9 Å². The second-order valence-corrected chi connectivity index (χ2v) is 3.64. The van der Waals surface area contributed by atoms with Crippen LogP contribution in [0.25, 0.3) is 0 Å². The van der Waals surface area contributed by atoms with Crippen molar-refractivity contribution in [2.75, 3.05) is 0 Å². The number of hydrogen-bond acceptors (Lipinski definition) is 4. The van der Waals surface area contributed by atoms with Crippen molar-refractivity contribution in [1.82, 2.24) is 0 Å². The first kappa shape index (κ1) is 11.0. The predicted molar refractivity (Wildman–Crippen MR) is 47.4 cm³/mol. The third kappa shape index (κ3) is 2.05. The summed E-state index contributed by atoms with van der Waals surface area (Å²) in [6, 6.07) is 0. The lowest BCUT2D eigenvalue weighted by Gasteiger charge is -2.33. The van der Waals surface area contributed by atoms with Crippen LogP contribution < -0.4 is 0 Å². The van der Waals surface area contributed by atoms with Gasteiger partial charge in [-0.3, -0.25) is 0 Å². The minimum Gasteiger partial charge on any atom is -0.480 e. The molecule has 80 valence electrons. The molecule has 3 N–H and O–H groups in total. The van der Waals surface area contributed by atoms with E-state index >= 15 is 0 Å². The van der Waals surface area contributed by atoms with Crippen LogP contribution >= 0.6 is 0 Å². The van der Waals surface area contributed by atoms with Gasteiger partial charge in [0.15, 0.2) is 0 Å². The summed E-state index contributed by atoms with van der Waals surface area (Å²) in [6.45, 7) is 3.57. The van der Waals surface area contributed by atoms with Crippen LogP contribution in [-0.2, 0) is 9.53 Å². The van der Waals surface area contributed by atoms with Crippen LogP contribution in [-0.4, -0.2) is 39.6 Å². The van der Waals surface area contributed by atoms with Crippen LogP contribution in [0.1, 0.15) is 13.8 Å². The lowest BCUT2D eigenvalue weighted by Crippen LogP contribution is -2.45. The molecule has 0 amide bonds. The average molecular weight is 202 g/mol. The molecule has 14 heavy (non-hydrogen) atoms. The molecule has 0 aromatic heterocycles. The summed E-state index contributed by atoms with van der Waals surface area (Å²) >= 11 is 0. The van der Waals surface area contributed by atoms with E-state index in [9.17, 15) is 15.0 Å². The van der Waals surface area contributed by atoms with E-state index in [0.717, 1.165) is 6.08 Å². The number of carboxylic acid groups (broad SMARTS) is 1. The Morgan fingerprint density at radius 1 is 1.50 bits per heavy atom. The molecule has 0 saturated carbocycles. The van der Waals surface area contributed by atoms with E-state index in [2.05, 4.69) is 0 Å². The molecule has 1 aliphatic heterocycles. The van der Waals surface area contributed by atoms with Crippen LogP contribution in [0.2, 0.25) is 0 Å². The molecule has 0 saturated heterocycles. The second kappa shape index (κ2) is 3.98. The molecule has 1 heterocycles. The van der Waals surface area contributed by atoms with Crippen molar-refractivity contribution in [3.8, 4) is 0 Å². The number of aliphatic carboxylic acids is 1. The molecule has 5 nitrogen and oxygen atoms in total. The van der Waals surface area contributed by atoms with Crippen molar-refractivity contribution >= 4 is 5.97 Å². The maximum atomic E-state index is 10.6. The Balaban J connectivity index is 2.87. The smallest absolute Gasteiger partial charge is 0.370 e. The summed E-state index contributed by atoms with van der Waals surface area (Å²) in [5.74, 6) is -1.61. The van der Waals surface area contributed by atoms with Gasteiger partial charge in [-0.25, -0.2) is 4.79 Å². The fraction of sp³-hybridized carbons (Fsp3) is 0.667. The van der Waals surface area contributed by atoms with Crippen molar-refractivity contribution in [1.29, 1.82) is 0 Å². The van der Waals surface area contributed by atoms with E-state index in [-0.39, 0.29) is 11.7 Å². The molecule has 0 aromatic rings. The number of ether oxygens (including phenoxy) is 1. The normalized spacial score (nSPS) is 32.4. The topological polar surface area (TPSA) is 87.0 Å². The Hall–Kier alpha value is -1.07. The van der Waals surface area contributed by atoms with E-state index < -0.39 is 24.3 Å². The van der Waals surface area contributed by atoms with Crippen molar-refractivity contribution in [2.24, 2.45) is 5.92 Å². The molecular formula is C9H14O5. The molecule has 5 heteroatoms. The van der Waals surface area contributed by atoms with Gasteiger partial charge in [0.25, 0.3) is 0 Å². The van der Waals surface area contributed by atoms with Gasteiger partial charge in [-0.15, -0.1) is 0 Å². The lowest BCUT2D eigenvalue weighted by molar-refractivity contribution is -0.145. The number of aliphatic hydroxyl groups excluding tert-OH is 2. The van der Waals surface area contributed by atoms with Crippen molar-refractivity contribution in [3.05, 3.63) is 11.8 Å². The van der Waals surface area contributed by atoms with Crippen LogP contribution in [0.15, 0.2) is 11.8 Å². The first-order valence-corrected chi connectivity index (χ1v) is 4.41. The van der Waals surface area contributed by atoms with E-state index in [4.69, 9.17) is 9.84 Å². The third-order valence-electron chi connectivity index (χ3n) is 2.14. The van der Waals surface area contributed by atoms with Gasteiger partial charge in [0, 0.05) is 0 Å². The Kier molecular flexibility index (Phi) is 3.13. The highest BCUT2D eigenvalue weighted by molar-refractivity contribution is 5.84. The van der Waals surface area contributed by atoms with Crippen LogP contribution in [0.3, 0.4) is 0 Å². The molecule has 0 radical (unpaired) electrons. The summed E-state index contributed by atoms with van der Waals surface area (Å²) in [4.78, 5) is 10.6. The fourth-order valence-electron chi connectivity index (χ4n) is 1.36. The molecule has 3 atom stereocenters. The molecule has 0 bridgehead atoms. The third-order valence-corrected chi connectivity index (χ3v) is 2.14. The quantitative estimate of drug-likeness (QED) is 0.574. The first-order valence-electron chi connectivity index (χ1n) is 4.41. The van der Waals surface area contributed by atoms with Crippen LogP contribution in [0.5, 0.6) is 0 Å². The zero-order valence-electron chi connectivity index (χ0n) is 8.04. The summed E-state index contributed by atoms with van der Waals surface area (Å²) in [5.41, 5.74) is 0. The molecule has 1 aliphatic rings. The van der Waals surface area contributed by atoms with E-state index in [1.165, 1.54) is 0 Å². The molecule has 0 spiro atoms. The fourth-order valence-corrected chi connectivity index (χ4v) is 1.36. The number of hydrogen-bond donors (Lipinski definition) is 3. The molecule has 0 fully saturated rings. The Bertz CT molecular complexity index is 258. The lowest BCUT2D eigenvalue weighted by atomic mass is 9.95. The van der Waals surface area contributed by atoms with E-state index in [0.29, 0.717) is 0 Å². The zero-order valence-corrected chi connectivity index (χ0v) is 8.04. The Morgan fingerprint density at radius 3 is 2.50 bits per heavy atom. The number of aliphatic hydroxyl groups is 2. The maximum Gasteiger partial charge on any atom is 0.370 e. The van der Waals surface area contributed by atoms with E-state index in [1.54, 1.807) is 13.8 Å². The number of carbonyl (C=O) groups is 1. The summed E-state index contributed by atoms with van der Waals surface area (Å²) < 4.78 is 5.04. The monoisotopic (exact) mass is 202 g/mol. The zero-order chi connectivity index (χ0) is 10.9. The Labute approximate surface area is 81.6 Å². The minimum atomic E-state index is -1.23. The van der Waals surface area contributed by atoms with Gasteiger partial charge in [-0.05, 0) is 12.0 Å². The van der Waals surface area contributed by atoms with Crippen LogP contribution in [0, 0.1) is 5.92 Å². The van der Waals surface area contributed by atoms with E-state index in [1.807, 2.05) is 0 Å². The summed E-state index contributed by atoms with van der Waals surface area (Å²) in [5, 5.41) is 27.5. The highest BCUT2D eigenvalue weighted by Gasteiger charge is 2.36. The minimum absolute atomic E-state index is 0.0669. The second-order valence-electron chi connectivity index (χ2n) is 3.64. The van der Waals surface area contributed by atoms with Crippen molar-refractivity contribution in [2.45, 2.75) is 32.2 Å². The van der Waals surface area contributed by atoms with Gasteiger partial charge >= 0.3 is 5.97 Å². The van der Waals surface area contributed by atoms with Gasteiger partial charge in [0.1, 0.15) is 18.3 Å². The summed E-state index contributed by atoms with van der Waals surface area (Å²) in [7, 11) is 0. The molecule has 3 unspecified atom stereocenters. The maximum absolute atomic E-state index is 10.6. The molecule has 0 aliphatic carbocycles. The molecule has 1 rings (SSSR count). The standard InChI is InChI=1S/C9H14O5/c1-4(2)8-7(11)5(10)3-6(14-8)9(12)13/h3-5,7-8,10-11H,1-2H3,(H,12,13). The van der Waals surface area contributed by atoms with Gasteiger partial charge in [-0.2, -0.15) is 0 Å². The van der Waals surface area contributed by atoms with Crippen molar-refractivity contribution in [3.63, 3.8) is 0 Å². The molecular weight excluding hydrogens is 188 g/mol. The average Bonchev–Trinajstić information content (AvgIpc) is 2.08. The van der Waals surface area contributed by atoms with Gasteiger partial charge in [-0.1, -0.05) is 13.8 Å².